The van der Waals surface area contributed by atoms with Crippen molar-refractivity contribution in [2.24, 2.45) is 0 Å². The smallest absolute Gasteiger partial charge is 0.193 e. The number of hydrogen-bond acceptors (Lipinski definition) is 8. The maximum atomic E-state index is 11.9. The molecule has 8 rings (SSSR count). The predicted octanol–water partition coefficient (Wildman–Crippen LogP) is 5.97. The number of pyridine rings is 1. The molecule has 0 saturated heterocycles. The predicted molar refractivity (Wildman–Crippen MR) is 148 cm³/mol. The highest BCUT2D eigenvalue weighted by molar-refractivity contribution is 6.10. The van der Waals surface area contributed by atoms with Crippen molar-refractivity contribution in [1.29, 1.82) is 0 Å². The van der Waals surface area contributed by atoms with E-state index in [1.54, 1.807) is 30.9 Å². The third-order valence-corrected chi connectivity index (χ3v) is 7.37. The highest BCUT2D eigenvalue weighted by Crippen LogP contribution is 2.37. The van der Waals surface area contributed by atoms with E-state index >= 15 is 0 Å². The molecule has 9 heteroatoms. The minimum Gasteiger partial charge on any atom is -0.469 e. The largest absolute Gasteiger partial charge is 0.469 e. The minimum absolute atomic E-state index is 0.105. The number of hydrogen-bond donors (Lipinski definition) is 1. The quantitative estimate of drug-likeness (QED) is 0.259. The van der Waals surface area contributed by atoms with Crippen LogP contribution in [0.3, 0.4) is 0 Å². The molecule has 5 aromatic rings. The van der Waals surface area contributed by atoms with Crippen LogP contribution in [0.1, 0.15) is 62.8 Å². The monoisotopic (exact) mass is 538 g/mol. The van der Waals surface area contributed by atoms with Gasteiger partial charge in [0.25, 0.3) is 0 Å². The van der Waals surface area contributed by atoms with Crippen molar-refractivity contribution in [2.45, 2.75) is 44.9 Å². The number of ketones is 2. The highest BCUT2D eigenvalue weighted by Gasteiger charge is 2.24. The molecule has 5 heterocycles. The van der Waals surface area contributed by atoms with Crippen molar-refractivity contribution in [3.63, 3.8) is 0 Å². The van der Waals surface area contributed by atoms with Gasteiger partial charge in [-0.25, -0.2) is 4.98 Å². The van der Waals surface area contributed by atoms with Crippen LogP contribution in [-0.2, 0) is 25.7 Å². The molecule has 0 bridgehead atoms. The van der Waals surface area contributed by atoms with Crippen molar-refractivity contribution in [3.05, 3.63) is 95.1 Å². The van der Waals surface area contributed by atoms with Gasteiger partial charge in [-0.1, -0.05) is 0 Å². The van der Waals surface area contributed by atoms with E-state index in [1.165, 1.54) is 16.7 Å². The van der Waals surface area contributed by atoms with Crippen LogP contribution in [0, 0.1) is 0 Å². The Balaban J connectivity index is 0.000000112. The zero-order valence-corrected chi connectivity index (χ0v) is 22.5. The van der Waals surface area contributed by atoms with E-state index in [-0.39, 0.29) is 11.6 Å². The van der Waals surface area contributed by atoms with Gasteiger partial charge in [-0.15, -0.1) is 0 Å². The lowest BCUT2D eigenvalue weighted by molar-refractivity contribution is 0.0968. The fourth-order valence-corrected chi connectivity index (χ4v) is 5.49. The van der Waals surface area contributed by atoms with Gasteiger partial charge in [-0.05, 0) is 43.0 Å². The maximum Gasteiger partial charge on any atom is 0.193 e. The average molecular weight is 539 g/mol. The Bertz CT molecular complexity index is 1710. The number of aryl methyl sites for hydroxylation is 4. The SMILES string of the molecule is CN(C)/C=C1\CCc2occc2C1=O.O=C1CCCc2occc21.c1cc2c(o1)CCc1cnc3[nH]ncc3c1-2. The van der Waals surface area contributed by atoms with Gasteiger partial charge in [-0.3, -0.25) is 14.7 Å². The standard InChI is InChI=1S/C12H9N3O.C11H13NO2.C8H8O2/c1-2-10-8(3-4-16-10)11-7(1)5-13-12-9(11)6-14-15-12;1-12(2)7-8-3-4-10-9(11(8)13)5-6-14-10;9-7-2-1-3-8-6(7)4-5-10-8/h3-6H,1-2H2,(H,13,14,15);5-7H,3-4H2,1-2H3;4-5H,1-3H2/b;8-7+;. The zero-order chi connectivity index (χ0) is 27.6. The second kappa shape index (κ2) is 10.8. The number of H-pyrrole nitrogens is 1. The third kappa shape index (κ3) is 4.90. The number of rotatable bonds is 1. The molecule has 9 nitrogen and oxygen atoms in total. The summed E-state index contributed by atoms with van der Waals surface area (Å²) < 4.78 is 15.8. The number of aromatic nitrogens is 3. The van der Waals surface area contributed by atoms with E-state index in [0.717, 1.165) is 83.5 Å². The lowest BCUT2D eigenvalue weighted by Gasteiger charge is -2.15. The number of aromatic amines is 1. The van der Waals surface area contributed by atoms with Gasteiger partial charge < -0.3 is 18.2 Å². The number of carbonyl (C=O) groups is 2. The van der Waals surface area contributed by atoms with Crippen LogP contribution in [-0.4, -0.2) is 45.7 Å². The molecule has 0 radical (unpaired) electrons. The Kier molecular flexibility index (Phi) is 6.94. The maximum absolute atomic E-state index is 11.9. The molecule has 40 heavy (non-hydrogen) atoms. The lowest BCUT2D eigenvalue weighted by Crippen LogP contribution is -2.15. The molecule has 1 N–H and O–H groups in total. The number of Topliss-reactive ketones (excluding diaryl/α,β-unsaturated/α-hetero) is 2. The summed E-state index contributed by atoms with van der Waals surface area (Å²) in [5.74, 6) is 3.10. The molecule has 3 aliphatic carbocycles. The number of nitrogens with one attached hydrogen (secondary N) is 1. The molecule has 204 valence electrons. The molecule has 5 aromatic heterocycles. The van der Waals surface area contributed by atoms with Crippen LogP contribution in [0.4, 0.5) is 0 Å². The third-order valence-electron chi connectivity index (χ3n) is 7.37. The van der Waals surface area contributed by atoms with Crippen LogP contribution in [0.15, 0.2) is 74.4 Å². The van der Waals surface area contributed by atoms with E-state index in [2.05, 4.69) is 15.2 Å². The molecular weight excluding hydrogens is 508 g/mol. The Morgan fingerprint density at radius 2 is 1.48 bits per heavy atom. The van der Waals surface area contributed by atoms with Crippen molar-refractivity contribution in [3.8, 4) is 11.1 Å². The van der Waals surface area contributed by atoms with Crippen molar-refractivity contribution >= 4 is 22.6 Å². The molecule has 0 spiro atoms. The molecular formula is C31H30N4O5. The molecule has 0 fully saturated rings. The normalized spacial score (nSPS) is 16.2. The minimum atomic E-state index is 0.105. The van der Waals surface area contributed by atoms with Crippen molar-refractivity contribution < 1.29 is 22.8 Å². The van der Waals surface area contributed by atoms with Gasteiger partial charge in [0, 0.05) is 74.3 Å². The summed E-state index contributed by atoms with van der Waals surface area (Å²) in [6, 6.07) is 5.54. The topological polar surface area (TPSA) is 118 Å². The van der Waals surface area contributed by atoms with Gasteiger partial charge >= 0.3 is 0 Å². The van der Waals surface area contributed by atoms with Gasteiger partial charge in [0.2, 0.25) is 0 Å². The van der Waals surface area contributed by atoms with E-state index in [9.17, 15) is 9.59 Å². The van der Waals surface area contributed by atoms with E-state index in [0.29, 0.717) is 6.42 Å². The Labute approximate surface area is 230 Å². The molecule has 0 saturated carbocycles. The van der Waals surface area contributed by atoms with Gasteiger partial charge in [0.15, 0.2) is 17.2 Å². The second-order valence-electron chi connectivity index (χ2n) is 10.3. The van der Waals surface area contributed by atoms with Crippen LogP contribution < -0.4 is 0 Å². The van der Waals surface area contributed by atoms with E-state index in [4.69, 9.17) is 13.3 Å². The fraction of sp³-hybridized carbons (Fsp3) is 0.290. The van der Waals surface area contributed by atoms with Gasteiger partial charge in [0.1, 0.15) is 17.3 Å². The Morgan fingerprint density at radius 1 is 0.800 bits per heavy atom. The number of carbonyl (C=O) groups excluding carboxylic acids is 2. The number of fused-ring (bicyclic) bond motifs is 7. The summed E-state index contributed by atoms with van der Waals surface area (Å²) >= 11 is 0. The molecule has 0 unspecified atom stereocenters. The van der Waals surface area contributed by atoms with Crippen LogP contribution in [0.2, 0.25) is 0 Å². The van der Waals surface area contributed by atoms with Crippen LogP contribution >= 0.6 is 0 Å². The number of furan rings is 3. The summed E-state index contributed by atoms with van der Waals surface area (Å²) in [6.45, 7) is 0. The molecule has 0 aromatic carbocycles. The average Bonchev–Trinajstić information content (AvgIpc) is 3.77. The van der Waals surface area contributed by atoms with E-state index < -0.39 is 0 Å². The summed E-state index contributed by atoms with van der Waals surface area (Å²) in [5.41, 5.74) is 6.93. The van der Waals surface area contributed by atoms with Crippen molar-refractivity contribution in [1.82, 2.24) is 20.1 Å². The van der Waals surface area contributed by atoms with Crippen molar-refractivity contribution in [2.75, 3.05) is 14.1 Å². The number of allylic oxidation sites excluding steroid dienone is 1. The summed E-state index contributed by atoms with van der Waals surface area (Å²) in [5, 5.41) is 8.03. The highest BCUT2D eigenvalue weighted by atomic mass is 16.3. The first-order chi connectivity index (χ1) is 19.5. The first kappa shape index (κ1) is 25.6. The fourth-order valence-electron chi connectivity index (χ4n) is 5.49. The molecule has 0 atom stereocenters. The first-order valence-corrected chi connectivity index (χ1v) is 13.4. The summed E-state index contributed by atoms with van der Waals surface area (Å²) in [7, 11) is 3.84. The molecule has 0 amide bonds. The zero-order valence-electron chi connectivity index (χ0n) is 22.5. The second-order valence-corrected chi connectivity index (χ2v) is 10.3. The molecule has 0 aliphatic heterocycles. The van der Waals surface area contributed by atoms with Crippen LogP contribution in [0.25, 0.3) is 22.2 Å². The Morgan fingerprint density at radius 3 is 2.23 bits per heavy atom. The van der Waals surface area contributed by atoms with Gasteiger partial charge in [-0.2, -0.15) is 5.10 Å². The first-order valence-electron chi connectivity index (χ1n) is 13.4. The van der Waals surface area contributed by atoms with Gasteiger partial charge in [0.05, 0.1) is 36.1 Å². The lowest BCUT2D eigenvalue weighted by atomic mass is 9.90. The summed E-state index contributed by atoms with van der Waals surface area (Å²) in [4.78, 5) is 29.2. The van der Waals surface area contributed by atoms with Crippen LogP contribution in [0.5, 0.6) is 0 Å². The molecule has 3 aliphatic rings. The Hall–Kier alpha value is -4.66. The summed E-state index contributed by atoms with van der Waals surface area (Å²) in [6.07, 6.45) is 16.7. The van der Waals surface area contributed by atoms with E-state index in [1.807, 2.05) is 43.7 Å². The number of nitrogens with zero attached hydrogens (tertiary/aromatic N) is 3.